The van der Waals surface area contributed by atoms with Crippen LogP contribution < -0.4 is 9.80 Å². The predicted octanol–water partition coefficient (Wildman–Crippen LogP) is 6.78. The van der Waals surface area contributed by atoms with Crippen LogP contribution in [0.1, 0.15) is 27.7 Å². The number of rotatable bonds is 8. The summed E-state index contributed by atoms with van der Waals surface area (Å²) in [7, 11) is 0. The summed E-state index contributed by atoms with van der Waals surface area (Å²) in [5, 5.41) is 2.08. The summed E-state index contributed by atoms with van der Waals surface area (Å²) in [6, 6.07) is 17.4. The van der Waals surface area contributed by atoms with E-state index in [1.807, 2.05) is 0 Å². The zero-order chi connectivity index (χ0) is 21.1. The van der Waals surface area contributed by atoms with Gasteiger partial charge in [0, 0.05) is 48.7 Å². The molecular formula is C24H28N4S2. The van der Waals surface area contributed by atoms with Crippen LogP contribution in [0.3, 0.4) is 0 Å². The molecule has 0 spiro atoms. The Hall–Kier alpha value is -2.44. The number of thiazole rings is 2. The van der Waals surface area contributed by atoms with Crippen molar-refractivity contribution < 1.29 is 0 Å². The molecule has 0 radical (unpaired) electrons. The van der Waals surface area contributed by atoms with Gasteiger partial charge in [0.15, 0.2) is 9.66 Å². The molecule has 4 aromatic rings. The third-order valence-electron chi connectivity index (χ3n) is 5.46. The minimum atomic E-state index is 1.02. The van der Waals surface area contributed by atoms with Gasteiger partial charge >= 0.3 is 0 Å². The summed E-state index contributed by atoms with van der Waals surface area (Å²) in [5.41, 5.74) is 4.84. The number of nitrogens with zero attached hydrogens (tertiary/aromatic N) is 4. The maximum Gasteiger partial charge on any atom is 0.155 e. The first-order valence-electron chi connectivity index (χ1n) is 10.6. The molecule has 0 aliphatic rings. The van der Waals surface area contributed by atoms with E-state index in [9.17, 15) is 0 Å². The van der Waals surface area contributed by atoms with Gasteiger partial charge in [-0.25, -0.2) is 9.97 Å². The summed E-state index contributed by atoms with van der Waals surface area (Å²) < 4.78 is 0. The van der Waals surface area contributed by atoms with Crippen molar-refractivity contribution in [2.24, 2.45) is 0 Å². The lowest BCUT2D eigenvalue weighted by atomic mass is 10.2. The molecule has 0 atom stereocenters. The van der Waals surface area contributed by atoms with Crippen molar-refractivity contribution in [2.75, 3.05) is 36.0 Å². The van der Waals surface area contributed by atoms with Gasteiger partial charge in [-0.05, 0) is 76.2 Å². The third-order valence-corrected chi connectivity index (χ3v) is 7.59. The van der Waals surface area contributed by atoms with Crippen molar-refractivity contribution in [2.45, 2.75) is 27.7 Å². The standard InChI is InChI=1S/C24H28N4S2/c1-5-27(6-2)19-13-9-17(10-14-19)21-25-23-24(29-21)26-22(30-23)18-11-15-20(16-12-18)28(7-3)8-4/h9-16H,5-8H2,1-4H3. The molecule has 2 aromatic heterocycles. The molecule has 2 heterocycles. The highest BCUT2D eigenvalue weighted by Crippen LogP contribution is 2.37. The van der Waals surface area contributed by atoms with E-state index in [0.717, 1.165) is 57.0 Å². The Morgan fingerprint density at radius 2 is 0.900 bits per heavy atom. The number of anilines is 2. The second-order valence-corrected chi connectivity index (χ2v) is 9.04. The maximum absolute atomic E-state index is 4.87. The molecular weight excluding hydrogens is 408 g/mol. The van der Waals surface area contributed by atoms with Crippen LogP contribution >= 0.6 is 22.7 Å². The molecule has 0 saturated carbocycles. The molecule has 156 valence electrons. The monoisotopic (exact) mass is 436 g/mol. The van der Waals surface area contributed by atoms with Crippen LogP contribution in [0, 0.1) is 0 Å². The van der Waals surface area contributed by atoms with Crippen LogP contribution in [0.25, 0.3) is 30.8 Å². The van der Waals surface area contributed by atoms with Gasteiger partial charge in [-0.1, -0.05) is 22.7 Å². The fourth-order valence-corrected chi connectivity index (χ4v) is 5.75. The summed E-state index contributed by atoms with van der Waals surface area (Å²) in [5.74, 6) is 0. The molecule has 0 N–H and O–H groups in total. The van der Waals surface area contributed by atoms with Crippen LogP contribution in [-0.2, 0) is 0 Å². The predicted molar refractivity (Wildman–Crippen MR) is 133 cm³/mol. The number of benzene rings is 2. The number of hydrogen-bond donors (Lipinski definition) is 0. The van der Waals surface area contributed by atoms with Crippen molar-refractivity contribution in [1.82, 2.24) is 9.97 Å². The molecule has 0 unspecified atom stereocenters. The van der Waals surface area contributed by atoms with Crippen LogP contribution in [0.2, 0.25) is 0 Å². The van der Waals surface area contributed by atoms with E-state index in [4.69, 9.17) is 9.97 Å². The summed E-state index contributed by atoms with van der Waals surface area (Å²) in [6.07, 6.45) is 0. The Labute approximate surface area is 186 Å². The summed E-state index contributed by atoms with van der Waals surface area (Å²) in [4.78, 5) is 16.5. The van der Waals surface area contributed by atoms with E-state index in [0.29, 0.717) is 0 Å². The molecule has 0 saturated heterocycles. The third kappa shape index (κ3) is 4.07. The zero-order valence-electron chi connectivity index (χ0n) is 18.1. The minimum Gasteiger partial charge on any atom is -0.372 e. The van der Waals surface area contributed by atoms with E-state index in [2.05, 4.69) is 86.0 Å². The smallest absolute Gasteiger partial charge is 0.155 e. The van der Waals surface area contributed by atoms with Crippen LogP contribution in [0.15, 0.2) is 48.5 Å². The first kappa shape index (κ1) is 20.8. The highest BCUT2D eigenvalue weighted by molar-refractivity contribution is 7.29. The molecule has 6 heteroatoms. The number of aromatic nitrogens is 2. The SMILES string of the molecule is CCN(CC)c1ccc(-c2nc3sc(-c4ccc(N(CC)CC)cc4)nc3s2)cc1. The second kappa shape index (κ2) is 9.14. The van der Waals surface area contributed by atoms with Gasteiger partial charge in [0.05, 0.1) is 0 Å². The molecule has 0 amide bonds. The largest absolute Gasteiger partial charge is 0.372 e. The summed E-state index contributed by atoms with van der Waals surface area (Å²) in [6.45, 7) is 12.8. The van der Waals surface area contributed by atoms with Crippen LogP contribution in [-0.4, -0.2) is 36.1 Å². The van der Waals surface area contributed by atoms with Gasteiger partial charge in [0.25, 0.3) is 0 Å². The number of hydrogen-bond acceptors (Lipinski definition) is 6. The second-order valence-electron chi connectivity index (χ2n) is 7.09. The lowest BCUT2D eigenvalue weighted by molar-refractivity contribution is 0.866. The molecule has 0 aliphatic heterocycles. The fraction of sp³-hybridized carbons (Fsp3) is 0.333. The number of fused-ring (bicyclic) bond motifs is 1. The van der Waals surface area contributed by atoms with Crippen LogP contribution in [0.4, 0.5) is 11.4 Å². The van der Waals surface area contributed by atoms with E-state index >= 15 is 0 Å². The van der Waals surface area contributed by atoms with Crippen molar-refractivity contribution >= 4 is 43.7 Å². The van der Waals surface area contributed by atoms with Crippen molar-refractivity contribution in [3.63, 3.8) is 0 Å². The molecule has 0 bridgehead atoms. The lowest BCUT2D eigenvalue weighted by Crippen LogP contribution is -2.21. The Morgan fingerprint density at radius 1 is 0.567 bits per heavy atom. The minimum absolute atomic E-state index is 1.02. The van der Waals surface area contributed by atoms with E-state index in [-0.39, 0.29) is 0 Å². The lowest BCUT2D eigenvalue weighted by Gasteiger charge is -2.20. The van der Waals surface area contributed by atoms with Crippen molar-refractivity contribution in [3.05, 3.63) is 48.5 Å². The van der Waals surface area contributed by atoms with Gasteiger partial charge in [-0.2, -0.15) is 0 Å². The highest BCUT2D eigenvalue weighted by atomic mass is 32.1. The first-order chi connectivity index (χ1) is 14.7. The molecule has 30 heavy (non-hydrogen) atoms. The highest BCUT2D eigenvalue weighted by Gasteiger charge is 2.14. The Morgan fingerprint density at radius 3 is 1.20 bits per heavy atom. The van der Waals surface area contributed by atoms with E-state index in [1.54, 1.807) is 22.7 Å². The zero-order valence-corrected chi connectivity index (χ0v) is 19.7. The average molecular weight is 437 g/mol. The van der Waals surface area contributed by atoms with E-state index in [1.165, 1.54) is 11.4 Å². The van der Waals surface area contributed by atoms with Crippen molar-refractivity contribution in [3.8, 4) is 21.1 Å². The van der Waals surface area contributed by atoms with Gasteiger partial charge in [0.2, 0.25) is 0 Å². The van der Waals surface area contributed by atoms with Crippen LogP contribution in [0.5, 0.6) is 0 Å². The van der Waals surface area contributed by atoms with Gasteiger partial charge in [0.1, 0.15) is 10.0 Å². The average Bonchev–Trinajstić information content (AvgIpc) is 3.36. The normalized spacial score (nSPS) is 11.2. The summed E-state index contributed by atoms with van der Waals surface area (Å²) >= 11 is 3.35. The topological polar surface area (TPSA) is 32.3 Å². The Bertz CT molecular complexity index is 972. The Kier molecular flexibility index (Phi) is 6.35. The Balaban J connectivity index is 1.56. The maximum atomic E-state index is 4.87. The van der Waals surface area contributed by atoms with Gasteiger partial charge in [-0.15, -0.1) is 0 Å². The molecule has 2 aromatic carbocycles. The molecule has 0 aliphatic carbocycles. The molecule has 4 rings (SSSR count). The molecule has 4 nitrogen and oxygen atoms in total. The molecule has 0 fully saturated rings. The quantitative estimate of drug-likeness (QED) is 0.305. The van der Waals surface area contributed by atoms with Crippen molar-refractivity contribution in [1.29, 1.82) is 0 Å². The first-order valence-corrected chi connectivity index (χ1v) is 12.3. The van der Waals surface area contributed by atoms with Gasteiger partial charge in [-0.3, -0.25) is 0 Å². The fourth-order valence-electron chi connectivity index (χ4n) is 3.70. The van der Waals surface area contributed by atoms with E-state index < -0.39 is 0 Å². The van der Waals surface area contributed by atoms with Gasteiger partial charge < -0.3 is 9.80 Å².